The summed E-state index contributed by atoms with van der Waals surface area (Å²) in [5, 5.41) is 4.19. The van der Waals surface area contributed by atoms with E-state index < -0.39 is 0 Å². The molecule has 0 spiro atoms. The molecule has 1 fully saturated rings. The Morgan fingerprint density at radius 3 is 2.75 bits per heavy atom. The van der Waals surface area contributed by atoms with Crippen molar-refractivity contribution in [3.8, 4) is 0 Å². The second-order valence-electron chi connectivity index (χ2n) is 5.64. The summed E-state index contributed by atoms with van der Waals surface area (Å²) in [6, 6.07) is 6.48. The van der Waals surface area contributed by atoms with E-state index in [0.29, 0.717) is 6.04 Å². The van der Waals surface area contributed by atoms with Crippen molar-refractivity contribution in [1.29, 1.82) is 0 Å². The van der Waals surface area contributed by atoms with Gasteiger partial charge in [0.2, 0.25) is 5.95 Å². The lowest BCUT2D eigenvalue weighted by molar-refractivity contribution is 0.524. The molecule has 0 atom stereocenters. The first-order valence-corrected chi connectivity index (χ1v) is 7.60. The molecule has 4 heteroatoms. The van der Waals surface area contributed by atoms with Crippen LogP contribution in [0, 0.1) is 13.8 Å². The van der Waals surface area contributed by atoms with Gasteiger partial charge in [0.05, 0.1) is 5.69 Å². The molecule has 0 unspecified atom stereocenters. The Hall–Kier alpha value is -1.48. The molecule has 1 N–H and O–H groups in total. The molecule has 1 aliphatic carbocycles. The second kappa shape index (κ2) is 5.49. The normalized spacial score (nSPS) is 15.8. The van der Waals surface area contributed by atoms with Gasteiger partial charge >= 0.3 is 0 Å². The van der Waals surface area contributed by atoms with Crippen LogP contribution in [0.2, 0.25) is 5.02 Å². The number of aromatic nitrogens is 2. The summed E-state index contributed by atoms with van der Waals surface area (Å²) in [5.74, 6) is 0.930. The lowest BCUT2D eigenvalue weighted by Crippen LogP contribution is -2.08. The molecule has 0 radical (unpaired) electrons. The zero-order valence-electron chi connectivity index (χ0n) is 12.0. The molecule has 0 aliphatic heterocycles. The fourth-order valence-corrected chi connectivity index (χ4v) is 3.09. The number of rotatable bonds is 3. The minimum absolute atomic E-state index is 0.582. The van der Waals surface area contributed by atoms with Gasteiger partial charge in [-0.1, -0.05) is 30.5 Å². The third-order valence-electron chi connectivity index (χ3n) is 4.02. The molecule has 1 heterocycles. The number of benzene rings is 1. The van der Waals surface area contributed by atoms with Crippen LogP contribution in [0.1, 0.15) is 43.0 Å². The van der Waals surface area contributed by atoms with Crippen LogP contribution in [0.15, 0.2) is 24.4 Å². The predicted molar refractivity (Wildman–Crippen MR) is 83.9 cm³/mol. The van der Waals surface area contributed by atoms with E-state index in [1.54, 1.807) is 0 Å². The van der Waals surface area contributed by atoms with Crippen molar-refractivity contribution in [2.45, 2.75) is 45.6 Å². The SMILES string of the molecule is Cc1cn(C2CCCC2)c(Nc2cc(Cl)ccc2C)n1. The van der Waals surface area contributed by atoms with Gasteiger partial charge in [-0.05, 0) is 44.4 Å². The van der Waals surface area contributed by atoms with Gasteiger partial charge in [0.15, 0.2) is 0 Å². The minimum atomic E-state index is 0.582. The van der Waals surface area contributed by atoms with Gasteiger partial charge in [-0.2, -0.15) is 0 Å². The topological polar surface area (TPSA) is 29.9 Å². The number of nitrogens with one attached hydrogen (secondary N) is 1. The summed E-state index contributed by atoms with van der Waals surface area (Å²) in [7, 11) is 0. The van der Waals surface area contributed by atoms with Crippen molar-refractivity contribution in [2.24, 2.45) is 0 Å². The van der Waals surface area contributed by atoms with E-state index in [2.05, 4.69) is 28.0 Å². The summed E-state index contributed by atoms with van der Waals surface area (Å²) >= 11 is 6.09. The maximum atomic E-state index is 6.09. The second-order valence-corrected chi connectivity index (χ2v) is 6.07. The van der Waals surface area contributed by atoms with E-state index in [9.17, 15) is 0 Å². The summed E-state index contributed by atoms with van der Waals surface area (Å²) < 4.78 is 2.29. The Kier molecular flexibility index (Phi) is 3.70. The summed E-state index contributed by atoms with van der Waals surface area (Å²) in [5.41, 5.74) is 3.26. The number of hydrogen-bond donors (Lipinski definition) is 1. The molecule has 1 aromatic carbocycles. The van der Waals surface area contributed by atoms with Crippen molar-refractivity contribution >= 4 is 23.2 Å². The lowest BCUT2D eigenvalue weighted by atomic mass is 10.2. The Bertz CT molecular complexity index is 612. The fourth-order valence-electron chi connectivity index (χ4n) is 2.92. The molecule has 1 aromatic heterocycles. The van der Waals surface area contributed by atoms with E-state index in [0.717, 1.165) is 22.4 Å². The molecule has 0 saturated heterocycles. The summed E-state index contributed by atoms with van der Waals surface area (Å²) in [4.78, 5) is 4.63. The molecular weight excluding hydrogens is 270 g/mol. The molecule has 106 valence electrons. The third kappa shape index (κ3) is 2.68. The van der Waals surface area contributed by atoms with Crippen LogP contribution in [-0.4, -0.2) is 9.55 Å². The maximum Gasteiger partial charge on any atom is 0.207 e. The molecular formula is C16H20ClN3. The number of aryl methyl sites for hydroxylation is 2. The Morgan fingerprint density at radius 1 is 1.25 bits per heavy atom. The summed E-state index contributed by atoms with van der Waals surface area (Å²) in [6.45, 7) is 4.12. The number of anilines is 2. The zero-order valence-corrected chi connectivity index (χ0v) is 12.7. The van der Waals surface area contributed by atoms with E-state index in [-0.39, 0.29) is 0 Å². The fraction of sp³-hybridized carbons (Fsp3) is 0.438. The van der Waals surface area contributed by atoms with E-state index in [1.165, 1.54) is 31.2 Å². The van der Waals surface area contributed by atoms with Crippen molar-refractivity contribution in [1.82, 2.24) is 9.55 Å². The average molecular weight is 290 g/mol. The van der Waals surface area contributed by atoms with Crippen molar-refractivity contribution < 1.29 is 0 Å². The minimum Gasteiger partial charge on any atom is -0.325 e. The summed E-state index contributed by atoms with van der Waals surface area (Å²) in [6.07, 6.45) is 7.28. The molecule has 0 bridgehead atoms. The van der Waals surface area contributed by atoms with Crippen LogP contribution in [-0.2, 0) is 0 Å². The average Bonchev–Trinajstić information content (AvgIpc) is 3.03. The number of nitrogens with zero attached hydrogens (tertiary/aromatic N) is 2. The first-order valence-electron chi connectivity index (χ1n) is 7.22. The molecule has 20 heavy (non-hydrogen) atoms. The van der Waals surface area contributed by atoms with E-state index in [1.807, 2.05) is 25.1 Å². The van der Waals surface area contributed by atoms with Crippen molar-refractivity contribution in [3.63, 3.8) is 0 Å². The van der Waals surface area contributed by atoms with Gasteiger partial charge in [0.1, 0.15) is 0 Å². The molecule has 0 amide bonds. The maximum absolute atomic E-state index is 6.09. The van der Waals surface area contributed by atoms with Crippen LogP contribution < -0.4 is 5.32 Å². The molecule has 3 nitrogen and oxygen atoms in total. The van der Waals surface area contributed by atoms with Crippen molar-refractivity contribution in [2.75, 3.05) is 5.32 Å². The lowest BCUT2D eigenvalue weighted by Gasteiger charge is -2.16. The van der Waals surface area contributed by atoms with Crippen molar-refractivity contribution in [3.05, 3.63) is 40.7 Å². The van der Waals surface area contributed by atoms with E-state index >= 15 is 0 Å². The smallest absolute Gasteiger partial charge is 0.207 e. The van der Waals surface area contributed by atoms with Gasteiger partial charge in [-0.25, -0.2) is 4.98 Å². The third-order valence-corrected chi connectivity index (χ3v) is 4.25. The van der Waals surface area contributed by atoms with Crippen LogP contribution >= 0.6 is 11.6 Å². The predicted octanol–water partition coefficient (Wildman–Crippen LogP) is 5.01. The molecule has 1 aliphatic rings. The highest BCUT2D eigenvalue weighted by Crippen LogP contribution is 2.33. The Labute approximate surface area is 125 Å². The molecule has 1 saturated carbocycles. The number of halogens is 1. The Balaban J connectivity index is 1.92. The number of hydrogen-bond acceptors (Lipinski definition) is 2. The first kappa shape index (κ1) is 13.5. The Morgan fingerprint density at radius 2 is 2.00 bits per heavy atom. The van der Waals surface area contributed by atoms with Gasteiger partial charge in [-0.3, -0.25) is 0 Å². The van der Waals surface area contributed by atoms with Gasteiger partial charge in [-0.15, -0.1) is 0 Å². The highest BCUT2D eigenvalue weighted by atomic mass is 35.5. The largest absolute Gasteiger partial charge is 0.325 e. The first-order chi connectivity index (χ1) is 9.63. The standard InChI is InChI=1S/C16H20ClN3/c1-11-7-8-13(17)9-15(11)19-16-18-12(2)10-20(16)14-5-3-4-6-14/h7-10,14H,3-6H2,1-2H3,(H,18,19). The van der Waals surface area contributed by atoms with Crippen LogP contribution in [0.25, 0.3) is 0 Å². The number of imidazole rings is 1. The quantitative estimate of drug-likeness (QED) is 0.860. The van der Waals surface area contributed by atoms with Gasteiger partial charge in [0, 0.05) is 22.9 Å². The van der Waals surface area contributed by atoms with Crippen LogP contribution in [0.4, 0.5) is 11.6 Å². The molecule has 2 aromatic rings. The monoisotopic (exact) mass is 289 g/mol. The van der Waals surface area contributed by atoms with Crippen LogP contribution in [0.3, 0.4) is 0 Å². The highest BCUT2D eigenvalue weighted by Gasteiger charge is 2.20. The molecule has 3 rings (SSSR count). The highest BCUT2D eigenvalue weighted by molar-refractivity contribution is 6.30. The van der Waals surface area contributed by atoms with Gasteiger partial charge in [0.25, 0.3) is 0 Å². The van der Waals surface area contributed by atoms with Gasteiger partial charge < -0.3 is 9.88 Å². The van der Waals surface area contributed by atoms with Crippen LogP contribution in [0.5, 0.6) is 0 Å². The van der Waals surface area contributed by atoms with E-state index in [4.69, 9.17) is 11.6 Å². The zero-order chi connectivity index (χ0) is 14.1.